The second kappa shape index (κ2) is 9.43. The Morgan fingerprint density at radius 2 is 1.91 bits per heavy atom. The summed E-state index contributed by atoms with van der Waals surface area (Å²) in [5.74, 6) is 0. The van der Waals surface area contributed by atoms with E-state index in [1.165, 1.54) is 0 Å². The van der Waals surface area contributed by atoms with E-state index in [1.807, 2.05) is 51.1 Å². The topological polar surface area (TPSA) is 56.8 Å². The van der Waals surface area contributed by atoms with Gasteiger partial charge < -0.3 is 19.5 Å². The van der Waals surface area contributed by atoms with Gasteiger partial charge in [0.2, 0.25) is 0 Å². The average molecular weight is 309 g/mol. The van der Waals surface area contributed by atoms with E-state index < -0.39 is 11.7 Å². The van der Waals surface area contributed by atoms with Gasteiger partial charge in [-0.25, -0.2) is 4.79 Å². The number of amides is 1. The van der Waals surface area contributed by atoms with Crippen molar-refractivity contribution < 1.29 is 19.0 Å². The van der Waals surface area contributed by atoms with Gasteiger partial charge in [0, 0.05) is 13.7 Å². The molecule has 0 fully saturated rings. The lowest BCUT2D eigenvalue weighted by Crippen LogP contribution is -2.42. The number of hydrogen-bond donors (Lipinski definition) is 1. The van der Waals surface area contributed by atoms with Crippen molar-refractivity contribution in [3.05, 3.63) is 35.9 Å². The van der Waals surface area contributed by atoms with Crippen molar-refractivity contribution in [1.82, 2.24) is 5.32 Å². The second-order valence-electron chi connectivity index (χ2n) is 6.13. The molecule has 0 saturated carbocycles. The van der Waals surface area contributed by atoms with Gasteiger partial charge >= 0.3 is 6.09 Å². The molecule has 1 N–H and O–H groups in total. The van der Waals surface area contributed by atoms with Crippen molar-refractivity contribution in [2.45, 2.75) is 45.4 Å². The van der Waals surface area contributed by atoms with E-state index in [-0.39, 0.29) is 6.04 Å². The summed E-state index contributed by atoms with van der Waals surface area (Å²) in [5, 5.41) is 2.81. The molecule has 0 radical (unpaired) electrons. The van der Waals surface area contributed by atoms with E-state index in [0.717, 1.165) is 5.56 Å². The third-order valence-electron chi connectivity index (χ3n) is 2.81. The van der Waals surface area contributed by atoms with E-state index in [4.69, 9.17) is 14.2 Å². The molecule has 1 amide bonds. The molecule has 124 valence electrons. The third kappa shape index (κ3) is 8.64. The molecule has 22 heavy (non-hydrogen) atoms. The molecule has 0 saturated heterocycles. The highest BCUT2D eigenvalue weighted by Gasteiger charge is 2.19. The molecule has 1 rings (SSSR count). The van der Waals surface area contributed by atoms with Gasteiger partial charge in [0.1, 0.15) is 5.60 Å². The molecule has 0 spiro atoms. The summed E-state index contributed by atoms with van der Waals surface area (Å²) in [6, 6.07) is 9.85. The predicted molar refractivity (Wildman–Crippen MR) is 85.7 cm³/mol. The molecule has 1 atom stereocenters. The lowest BCUT2D eigenvalue weighted by Gasteiger charge is -2.23. The second-order valence-corrected chi connectivity index (χ2v) is 6.13. The fraction of sp³-hybridized carbons (Fsp3) is 0.588. The largest absolute Gasteiger partial charge is 0.444 e. The van der Waals surface area contributed by atoms with Gasteiger partial charge in [0.15, 0.2) is 0 Å². The van der Waals surface area contributed by atoms with Crippen LogP contribution in [0.4, 0.5) is 4.79 Å². The summed E-state index contributed by atoms with van der Waals surface area (Å²) < 4.78 is 16.0. The number of rotatable bonds is 8. The Morgan fingerprint density at radius 1 is 1.23 bits per heavy atom. The van der Waals surface area contributed by atoms with E-state index in [1.54, 1.807) is 7.11 Å². The Labute approximate surface area is 132 Å². The molecule has 0 aliphatic heterocycles. The Bertz CT molecular complexity index is 428. The summed E-state index contributed by atoms with van der Waals surface area (Å²) in [6.45, 7) is 7.03. The molecule has 1 aromatic rings. The Hall–Kier alpha value is -1.59. The van der Waals surface area contributed by atoms with Gasteiger partial charge in [0.05, 0.1) is 19.3 Å². The van der Waals surface area contributed by atoms with Gasteiger partial charge in [-0.2, -0.15) is 0 Å². The maximum Gasteiger partial charge on any atom is 0.407 e. The molecule has 5 nitrogen and oxygen atoms in total. The van der Waals surface area contributed by atoms with Crippen LogP contribution in [-0.2, 0) is 20.8 Å². The molecule has 1 unspecified atom stereocenters. The van der Waals surface area contributed by atoms with E-state index in [0.29, 0.717) is 26.2 Å². The summed E-state index contributed by atoms with van der Waals surface area (Å²) >= 11 is 0. The number of carbonyl (C=O) groups is 1. The maximum absolute atomic E-state index is 11.8. The third-order valence-corrected chi connectivity index (χ3v) is 2.81. The zero-order valence-electron chi connectivity index (χ0n) is 13.9. The van der Waals surface area contributed by atoms with Gasteiger partial charge in [-0.15, -0.1) is 0 Å². The highest BCUT2D eigenvalue weighted by Crippen LogP contribution is 2.08. The molecule has 0 aliphatic rings. The Kier molecular flexibility index (Phi) is 7.91. The number of benzene rings is 1. The van der Waals surface area contributed by atoms with Crippen LogP contribution in [0.5, 0.6) is 0 Å². The van der Waals surface area contributed by atoms with Crippen molar-refractivity contribution in [2.75, 3.05) is 20.3 Å². The summed E-state index contributed by atoms with van der Waals surface area (Å²) in [4.78, 5) is 11.8. The van der Waals surface area contributed by atoms with Crippen LogP contribution in [0.3, 0.4) is 0 Å². The minimum absolute atomic E-state index is 0.129. The first kappa shape index (κ1) is 18.5. The predicted octanol–water partition coefficient (Wildman–Crippen LogP) is 3.13. The highest BCUT2D eigenvalue weighted by atomic mass is 16.6. The van der Waals surface area contributed by atoms with E-state index >= 15 is 0 Å². The fourth-order valence-corrected chi connectivity index (χ4v) is 1.86. The van der Waals surface area contributed by atoms with E-state index in [2.05, 4.69) is 5.32 Å². The number of ether oxygens (including phenoxy) is 3. The number of alkyl carbamates (subject to hydrolysis) is 1. The maximum atomic E-state index is 11.8. The number of carbonyl (C=O) groups excluding carboxylic acids is 1. The molecule has 1 aromatic carbocycles. The van der Waals surface area contributed by atoms with Crippen molar-refractivity contribution in [2.24, 2.45) is 0 Å². The number of methoxy groups -OCH3 is 1. The van der Waals surface area contributed by atoms with Gasteiger partial charge in [-0.1, -0.05) is 30.3 Å². The van der Waals surface area contributed by atoms with Crippen LogP contribution >= 0.6 is 0 Å². The normalized spacial score (nSPS) is 12.7. The quantitative estimate of drug-likeness (QED) is 0.750. The minimum atomic E-state index is -0.508. The Morgan fingerprint density at radius 3 is 2.50 bits per heavy atom. The van der Waals surface area contributed by atoms with Gasteiger partial charge in [-0.3, -0.25) is 0 Å². The molecule has 5 heteroatoms. The average Bonchev–Trinajstić information content (AvgIpc) is 2.42. The zero-order chi connectivity index (χ0) is 16.4. The van der Waals surface area contributed by atoms with Crippen molar-refractivity contribution in [1.29, 1.82) is 0 Å². The fourth-order valence-electron chi connectivity index (χ4n) is 1.86. The monoisotopic (exact) mass is 309 g/mol. The smallest absolute Gasteiger partial charge is 0.407 e. The van der Waals surface area contributed by atoms with Crippen molar-refractivity contribution in [3.63, 3.8) is 0 Å². The zero-order valence-corrected chi connectivity index (χ0v) is 13.9. The van der Waals surface area contributed by atoms with Crippen LogP contribution in [0, 0.1) is 0 Å². The highest BCUT2D eigenvalue weighted by molar-refractivity contribution is 5.68. The SMILES string of the molecule is COCC(CCOCc1ccccc1)NC(=O)OC(C)(C)C. The van der Waals surface area contributed by atoms with Gasteiger partial charge in [0.25, 0.3) is 0 Å². The Balaban J connectivity index is 2.30. The molecule has 0 aliphatic carbocycles. The van der Waals surface area contributed by atoms with Crippen LogP contribution in [-0.4, -0.2) is 38.1 Å². The number of nitrogens with one attached hydrogen (secondary N) is 1. The van der Waals surface area contributed by atoms with Crippen LogP contribution < -0.4 is 5.32 Å². The first-order valence-corrected chi connectivity index (χ1v) is 7.51. The molecular formula is C17H27NO4. The van der Waals surface area contributed by atoms with Crippen molar-refractivity contribution >= 4 is 6.09 Å². The molecule has 0 bridgehead atoms. The lowest BCUT2D eigenvalue weighted by atomic mass is 10.2. The molecule has 0 aromatic heterocycles. The van der Waals surface area contributed by atoms with Crippen molar-refractivity contribution in [3.8, 4) is 0 Å². The summed E-state index contributed by atoms with van der Waals surface area (Å²) in [6.07, 6.45) is 0.234. The van der Waals surface area contributed by atoms with Gasteiger partial charge in [-0.05, 0) is 32.8 Å². The first-order chi connectivity index (χ1) is 10.4. The number of hydrogen-bond acceptors (Lipinski definition) is 4. The van der Waals surface area contributed by atoms with Crippen LogP contribution in [0.25, 0.3) is 0 Å². The molecular weight excluding hydrogens is 282 g/mol. The summed E-state index contributed by atoms with van der Waals surface area (Å²) in [5.41, 5.74) is 0.622. The lowest BCUT2D eigenvalue weighted by molar-refractivity contribution is 0.0430. The van der Waals surface area contributed by atoms with E-state index in [9.17, 15) is 4.79 Å². The summed E-state index contributed by atoms with van der Waals surface area (Å²) in [7, 11) is 1.61. The standard InChI is InChI=1S/C17H27NO4/c1-17(2,3)22-16(19)18-15(13-20-4)10-11-21-12-14-8-6-5-7-9-14/h5-9,15H,10-13H2,1-4H3,(H,18,19). The first-order valence-electron chi connectivity index (χ1n) is 7.51. The van der Waals surface area contributed by atoms with Crippen LogP contribution in [0.15, 0.2) is 30.3 Å². The van der Waals surface area contributed by atoms with Crippen LogP contribution in [0.1, 0.15) is 32.8 Å². The van der Waals surface area contributed by atoms with Crippen LogP contribution in [0.2, 0.25) is 0 Å². The minimum Gasteiger partial charge on any atom is -0.444 e. The molecule has 0 heterocycles.